The lowest BCUT2D eigenvalue weighted by Crippen LogP contribution is -2.07. The van der Waals surface area contributed by atoms with E-state index in [0.29, 0.717) is 35.4 Å². The summed E-state index contributed by atoms with van der Waals surface area (Å²) in [6.07, 6.45) is 12.6. The van der Waals surface area contributed by atoms with Crippen molar-refractivity contribution in [2.24, 2.45) is 0 Å². The highest BCUT2D eigenvalue weighted by Gasteiger charge is 2.14. The summed E-state index contributed by atoms with van der Waals surface area (Å²) in [6, 6.07) is 0. The zero-order chi connectivity index (χ0) is 15.9. The van der Waals surface area contributed by atoms with E-state index in [-0.39, 0.29) is 11.6 Å². The van der Waals surface area contributed by atoms with Gasteiger partial charge in [0, 0.05) is 23.3 Å². The summed E-state index contributed by atoms with van der Waals surface area (Å²) in [5.41, 5.74) is 19.0. The summed E-state index contributed by atoms with van der Waals surface area (Å²) in [6.45, 7) is 0. The Morgan fingerprint density at radius 1 is 0.818 bits per heavy atom. The Bertz CT molecular complexity index is 715. The summed E-state index contributed by atoms with van der Waals surface area (Å²) in [7, 11) is 0. The molecular weight excluding hydrogens is 280 g/mol. The maximum atomic E-state index is 11.9. The minimum absolute atomic E-state index is 0.292. The Morgan fingerprint density at radius 3 is 1.50 bits per heavy atom. The molecule has 0 bridgehead atoms. The van der Waals surface area contributed by atoms with Gasteiger partial charge in [0.1, 0.15) is 0 Å². The quantitative estimate of drug-likeness (QED) is 0.447. The van der Waals surface area contributed by atoms with Crippen molar-refractivity contribution in [2.75, 3.05) is 0 Å². The van der Waals surface area contributed by atoms with Gasteiger partial charge >= 0.3 is 0 Å². The molecule has 22 heavy (non-hydrogen) atoms. The fraction of sp³-hybridized carbons (Fsp3) is 0.125. The van der Waals surface area contributed by atoms with E-state index in [1.54, 1.807) is 36.5 Å². The van der Waals surface area contributed by atoms with Gasteiger partial charge < -0.3 is 11.1 Å². The minimum Gasteiger partial charge on any atom is -0.361 e. The molecule has 0 spiro atoms. The Morgan fingerprint density at radius 2 is 1.23 bits per heavy atom. The summed E-state index contributed by atoms with van der Waals surface area (Å²) in [4.78, 5) is 30.0. The smallest absolute Gasteiger partial charge is 0.295 e. The van der Waals surface area contributed by atoms with E-state index < -0.39 is 0 Å². The van der Waals surface area contributed by atoms with Gasteiger partial charge in [-0.3, -0.25) is 9.59 Å². The molecule has 0 aromatic rings. The number of rotatable bonds is 4. The normalized spacial score (nSPS) is 16.9. The zero-order valence-electron chi connectivity index (χ0n) is 11.6. The molecule has 6 nitrogen and oxygen atoms in total. The average Bonchev–Trinajstić information content (AvgIpc) is 2.59. The predicted molar refractivity (Wildman–Crippen MR) is 80.1 cm³/mol. The third-order valence-corrected chi connectivity index (χ3v) is 3.18. The van der Waals surface area contributed by atoms with Crippen molar-refractivity contribution >= 4 is 23.0 Å². The number of hydrogen-bond donors (Lipinski definition) is 0. The van der Waals surface area contributed by atoms with Gasteiger partial charge in [0.05, 0.1) is 12.8 Å². The average molecular weight is 292 g/mol. The van der Waals surface area contributed by atoms with Crippen LogP contribution in [0.25, 0.3) is 11.1 Å². The van der Waals surface area contributed by atoms with E-state index in [4.69, 9.17) is 11.1 Å². The van der Waals surface area contributed by atoms with Gasteiger partial charge in [0.15, 0.2) is 11.6 Å². The van der Waals surface area contributed by atoms with Crippen molar-refractivity contribution in [3.8, 4) is 0 Å². The molecule has 6 heteroatoms. The van der Waals surface area contributed by atoms with E-state index >= 15 is 0 Å². The second-order valence-corrected chi connectivity index (χ2v) is 4.64. The van der Waals surface area contributed by atoms with Crippen LogP contribution in [-0.2, 0) is 9.59 Å². The van der Waals surface area contributed by atoms with Crippen LogP contribution in [0.15, 0.2) is 59.8 Å². The maximum absolute atomic E-state index is 11.9. The molecule has 0 saturated heterocycles. The van der Waals surface area contributed by atoms with Crippen LogP contribution >= 0.6 is 0 Å². The molecule has 0 atom stereocenters. The molecule has 0 saturated carbocycles. The number of hydrogen-bond acceptors (Lipinski definition) is 2. The maximum Gasteiger partial charge on any atom is 0.295 e. The summed E-state index contributed by atoms with van der Waals surface area (Å²) in [5, 5.41) is 0. The monoisotopic (exact) mass is 292 g/mol. The first kappa shape index (κ1) is 15.2. The van der Waals surface area contributed by atoms with Crippen LogP contribution in [0.3, 0.4) is 0 Å². The highest BCUT2D eigenvalue weighted by molar-refractivity contribution is 6.15. The summed E-state index contributed by atoms with van der Waals surface area (Å²) >= 11 is 0. The number of carbonyl (C=O) groups excluding carboxylic acids is 2. The third kappa shape index (κ3) is 3.67. The zero-order valence-corrected chi connectivity index (χ0v) is 11.6. The van der Waals surface area contributed by atoms with Gasteiger partial charge in [0.2, 0.25) is 0 Å². The fourth-order valence-electron chi connectivity index (χ4n) is 1.93. The van der Waals surface area contributed by atoms with E-state index in [1.807, 2.05) is 0 Å². The van der Waals surface area contributed by atoms with Gasteiger partial charge in [-0.05, 0) is 24.3 Å². The van der Waals surface area contributed by atoms with E-state index in [2.05, 4.69) is 9.58 Å². The lowest BCUT2D eigenvalue weighted by Gasteiger charge is -2.01. The predicted octanol–water partition coefficient (Wildman–Crippen LogP) is 1.79. The molecule has 0 aliphatic heterocycles. The van der Waals surface area contributed by atoms with Crippen molar-refractivity contribution < 1.29 is 19.2 Å². The minimum atomic E-state index is -0.292. The van der Waals surface area contributed by atoms with Crippen LogP contribution in [0.1, 0.15) is 12.8 Å². The molecule has 2 aliphatic rings. The molecule has 0 aromatic carbocycles. The van der Waals surface area contributed by atoms with Gasteiger partial charge in [-0.15, -0.1) is 0 Å². The lowest BCUT2D eigenvalue weighted by molar-refractivity contribution is -0.113. The largest absolute Gasteiger partial charge is 0.361 e. The van der Waals surface area contributed by atoms with E-state index in [1.165, 1.54) is 12.2 Å². The summed E-state index contributed by atoms with van der Waals surface area (Å²) in [5.74, 6) is -0.584. The molecule has 108 valence electrons. The second kappa shape index (κ2) is 6.99. The Balaban J connectivity index is 2.01. The molecule has 2 aliphatic carbocycles. The number of nitrogens with zero attached hydrogens (tertiary/aromatic N) is 4. The molecule has 0 unspecified atom stereocenters. The van der Waals surface area contributed by atoms with Crippen LogP contribution in [0.4, 0.5) is 0 Å². The molecular formula is C16H12N4O2. The highest BCUT2D eigenvalue weighted by Crippen LogP contribution is 2.11. The van der Waals surface area contributed by atoms with Crippen LogP contribution in [0.2, 0.25) is 0 Å². The third-order valence-electron chi connectivity index (χ3n) is 3.18. The summed E-state index contributed by atoms with van der Waals surface area (Å²) < 4.78 is 0. The van der Waals surface area contributed by atoms with Crippen molar-refractivity contribution in [1.29, 1.82) is 0 Å². The van der Waals surface area contributed by atoms with Gasteiger partial charge in [0.25, 0.3) is 11.4 Å². The van der Waals surface area contributed by atoms with Crippen molar-refractivity contribution in [3.63, 3.8) is 0 Å². The van der Waals surface area contributed by atoms with E-state index in [9.17, 15) is 9.59 Å². The fourth-order valence-corrected chi connectivity index (χ4v) is 1.93. The topological polar surface area (TPSA) is 107 Å². The van der Waals surface area contributed by atoms with Crippen molar-refractivity contribution in [1.82, 2.24) is 0 Å². The molecule has 0 amide bonds. The first-order valence-electron chi connectivity index (χ1n) is 6.59. The molecule has 2 rings (SSSR count). The van der Waals surface area contributed by atoms with Crippen molar-refractivity contribution in [2.45, 2.75) is 12.8 Å². The van der Waals surface area contributed by atoms with E-state index in [0.717, 1.165) is 0 Å². The number of carbonyl (C=O) groups is 2. The number of allylic oxidation sites excluding steroid dienone is 10. The lowest BCUT2D eigenvalue weighted by atomic mass is 9.99. The standard InChI is InChI=1S/C16H12N4O2/c17-19-13-5-1-11(2-6-13)15(21)9-10-16(22)12-3-7-14(20-18)8-4-12/h1-5,7,9-10H,6,8H2. The molecule has 0 fully saturated rings. The van der Waals surface area contributed by atoms with Crippen molar-refractivity contribution in [3.05, 3.63) is 70.8 Å². The van der Waals surface area contributed by atoms with Crippen LogP contribution < -0.4 is 0 Å². The Labute approximate surface area is 126 Å². The molecule has 0 radical (unpaired) electrons. The Kier molecular flexibility index (Phi) is 4.83. The first-order valence-corrected chi connectivity index (χ1v) is 6.59. The molecule has 0 aromatic heterocycles. The number of ketones is 2. The van der Waals surface area contributed by atoms with Gasteiger partial charge in [-0.1, -0.05) is 12.2 Å². The first-order chi connectivity index (χ1) is 10.6. The van der Waals surface area contributed by atoms with Crippen LogP contribution in [-0.4, -0.2) is 32.6 Å². The van der Waals surface area contributed by atoms with Gasteiger partial charge in [-0.2, -0.15) is 9.58 Å². The van der Waals surface area contributed by atoms with Gasteiger partial charge in [-0.25, -0.2) is 0 Å². The second-order valence-electron chi connectivity index (χ2n) is 4.64. The molecule has 0 N–H and O–H groups in total. The van der Waals surface area contributed by atoms with Crippen LogP contribution in [0, 0.1) is 0 Å². The van der Waals surface area contributed by atoms with Crippen LogP contribution in [0.5, 0.6) is 0 Å². The Hall–Kier alpha value is -3.20. The highest BCUT2D eigenvalue weighted by atomic mass is 16.1. The molecule has 0 heterocycles. The SMILES string of the molecule is [N-]=[N+]=C1C=CC(C(=O)C=CC(=O)C2=CCC(=[N+]=[N-])C=C2)=CC1.